The Hall–Kier alpha value is -0.570. The molecule has 3 heteroatoms. The first-order valence-corrected chi connectivity index (χ1v) is 8.69. The van der Waals surface area contributed by atoms with E-state index in [0.717, 1.165) is 31.2 Å². The van der Waals surface area contributed by atoms with E-state index in [-0.39, 0.29) is 5.41 Å². The summed E-state index contributed by atoms with van der Waals surface area (Å²) in [5.41, 5.74) is 5.82. The lowest BCUT2D eigenvalue weighted by molar-refractivity contribution is -0.149. The number of carbonyl (C=O) groups is 1. The number of fused-ring (bicyclic) bond motifs is 1. The molecule has 20 heavy (non-hydrogen) atoms. The molecule has 0 spiro atoms. The van der Waals surface area contributed by atoms with Crippen LogP contribution in [0.4, 0.5) is 0 Å². The molecule has 3 aliphatic rings. The highest BCUT2D eigenvalue weighted by atomic mass is 16.2. The zero-order valence-corrected chi connectivity index (χ0v) is 12.9. The van der Waals surface area contributed by atoms with Crippen LogP contribution in [-0.4, -0.2) is 29.9 Å². The number of rotatable bonds is 2. The van der Waals surface area contributed by atoms with Crippen LogP contribution in [0.2, 0.25) is 0 Å². The molecular formula is C17H30N2O. The zero-order valence-electron chi connectivity index (χ0n) is 12.9. The molecule has 3 nitrogen and oxygen atoms in total. The number of carbonyl (C=O) groups excluding carboxylic acids is 1. The summed E-state index contributed by atoms with van der Waals surface area (Å²) >= 11 is 0. The minimum absolute atomic E-state index is 0.206. The standard InChI is InChI=1S/C17H30N2O/c1-13-8-11-19(15-7-3-2-6-14(13)15)16(20)17(12-18)9-4-5-10-17/h13-15H,2-12,18H2,1H3. The molecule has 3 atom stereocenters. The van der Waals surface area contributed by atoms with Crippen LogP contribution in [0.3, 0.4) is 0 Å². The SMILES string of the molecule is CC1CCN(C(=O)C2(CN)CCCC2)C2CCCCC12. The third kappa shape index (κ3) is 2.28. The fourth-order valence-corrected chi connectivity index (χ4v) is 5.03. The predicted octanol–water partition coefficient (Wildman–Crippen LogP) is 2.93. The molecule has 1 aliphatic heterocycles. The molecule has 0 aromatic carbocycles. The summed E-state index contributed by atoms with van der Waals surface area (Å²) in [6, 6.07) is 0.518. The van der Waals surface area contributed by atoms with E-state index in [2.05, 4.69) is 11.8 Å². The summed E-state index contributed by atoms with van der Waals surface area (Å²) < 4.78 is 0. The summed E-state index contributed by atoms with van der Waals surface area (Å²) in [5, 5.41) is 0. The van der Waals surface area contributed by atoms with E-state index in [0.29, 0.717) is 18.5 Å². The topological polar surface area (TPSA) is 46.3 Å². The van der Waals surface area contributed by atoms with Crippen LogP contribution in [0.5, 0.6) is 0 Å². The molecule has 1 heterocycles. The Kier molecular flexibility index (Phi) is 4.07. The smallest absolute Gasteiger partial charge is 0.230 e. The van der Waals surface area contributed by atoms with Crippen LogP contribution >= 0.6 is 0 Å². The van der Waals surface area contributed by atoms with Gasteiger partial charge in [-0.15, -0.1) is 0 Å². The first kappa shape index (κ1) is 14.4. The molecule has 1 saturated heterocycles. The van der Waals surface area contributed by atoms with Crippen molar-refractivity contribution in [2.75, 3.05) is 13.1 Å². The largest absolute Gasteiger partial charge is 0.339 e. The van der Waals surface area contributed by atoms with Crippen molar-refractivity contribution in [3.8, 4) is 0 Å². The minimum Gasteiger partial charge on any atom is -0.339 e. The van der Waals surface area contributed by atoms with Crippen molar-refractivity contribution in [1.82, 2.24) is 4.90 Å². The van der Waals surface area contributed by atoms with Crippen molar-refractivity contribution in [1.29, 1.82) is 0 Å². The molecule has 3 unspecified atom stereocenters. The van der Waals surface area contributed by atoms with Gasteiger partial charge in [0.1, 0.15) is 0 Å². The Bertz CT molecular complexity index is 362. The molecule has 2 N–H and O–H groups in total. The molecule has 114 valence electrons. The van der Waals surface area contributed by atoms with Gasteiger partial charge < -0.3 is 10.6 Å². The first-order chi connectivity index (χ1) is 9.68. The Balaban J connectivity index is 1.79. The van der Waals surface area contributed by atoms with E-state index in [1.807, 2.05) is 0 Å². The average Bonchev–Trinajstić information content (AvgIpc) is 2.97. The lowest BCUT2D eigenvalue weighted by Crippen LogP contribution is -2.57. The van der Waals surface area contributed by atoms with Gasteiger partial charge in [-0.2, -0.15) is 0 Å². The van der Waals surface area contributed by atoms with Crippen LogP contribution in [0.15, 0.2) is 0 Å². The van der Waals surface area contributed by atoms with E-state index in [4.69, 9.17) is 5.73 Å². The molecule has 1 amide bonds. The van der Waals surface area contributed by atoms with Crippen molar-refractivity contribution in [2.45, 2.75) is 70.8 Å². The van der Waals surface area contributed by atoms with Crippen molar-refractivity contribution in [2.24, 2.45) is 23.0 Å². The van der Waals surface area contributed by atoms with Gasteiger partial charge in [-0.05, 0) is 43.9 Å². The highest BCUT2D eigenvalue weighted by molar-refractivity contribution is 5.83. The first-order valence-electron chi connectivity index (χ1n) is 8.69. The Morgan fingerprint density at radius 2 is 1.85 bits per heavy atom. The Labute approximate surface area is 123 Å². The molecule has 2 saturated carbocycles. The number of hydrogen-bond donors (Lipinski definition) is 1. The maximum absolute atomic E-state index is 13.2. The molecular weight excluding hydrogens is 248 g/mol. The van der Waals surface area contributed by atoms with Crippen LogP contribution in [0.25, 0.3) is 0 Å². The second kappa shape index (κ2) is 5.67. The van der Waals surface area contributed by atoms with Gasteiger partial charge in [0, 0.05) is 19.1 Å². The monoisotopic (exact) mass is 278 g/mol. The lowest BCUT2D eigenvalue weighted by Gasteiger charge is -2.49. The highest BCUT2D eigenvalue weighted by Gasteiger charge is 2.47. The molecule has 0 radical (unpaired) electrons. The number of nitrogens with zero attached hydrogens (tertiary/aromatic N) is 1. The average molecular weight is 278 g/mol. The molecule has 3 fully saturated rings. The van der Waals surface area contributed by atoms with Crippen molar-refractivity contribution in [3.63, 3.8) is 0 Å². The van der Waals surface area contributed by atoms with Gasteiger partial charge in [0.05, 0.1) is 5.41 Å². The summed E-state index contributed by atoms with van der Waals surface area (Å²) in [5.74, 6) is 1.95. The molecule has 0 aromatic rings. The third-order valence-electron chi connectivity index (χ3n) is 6.40. The van der Waals surface area contributed by atoms with Crippen molar-refractivity contribution >= 4 is 5.91 Å². The van der Waals surface area contributed by atoms with E-state index >= 15 is 0 Å². The molecule has 2 aliphatic carbocycles. The second-order valence-electron chi connectivity index (χ2n) is 7.47. The maximum atomic E-state index is 13.2. The van der Waals surface area contributed by atoms with E-state index < -0.39 is 0 Å². The summed E-state index contributed by atoms with van der Waals surface area (Å²) in [7, 11) is 0. The van der Waals surface area contributed by atoms with E-state index in [1.54, 1.807) is 0 Å². The Morgan fingerprint density at radius 3 is 2.55 bits per heavy atom. The van der Waals surface area contributed by atoms with E-state index in [9.17, 15) is 4.79 Å². The number of amides is 1. The fourth-order valence-electron chi connectivity index (χ4n) is 5.03. The van der Waals surface area contributed by atoms with Crippen LogP contribution in [0, 0.1) is 17.3 Å². The lowest BCUT2D eigenvalue weighted by atomic mass is 9.71. The maximum Gasteiger partial charge on any atom is 0.230 e. The molecule has 0 bridgehead atoms. The number of likely N-dealkylation sites (tertiary alicyclic amines) is 1. The fraction of sp³-hybridized carbons (Fsp3) is 0.941. The highest BCUT2D eigenvalue weighted by Crippen LogP contribution is 2.44. The van der Waals surface area contributed by atoms with Gasteiger partial charge in [0.25, 0.3) is 0 Å². The predicted molar refractivity (Wildman–Crippen MR) is 81.2 cm³/mol. The number of hydrogen-bond acceptors (Lipinski definition) is 2. The van der Waals surface area contributed by atoms with E-state index in [1.165, 1.54) is 44.9 Å². The summed E-state index contributed by atoms with van der Waals surface area (Å²) in [6.45, 7) is 3.91. The Morgan fingerprint density at radius 1 is 1.15 bits per heavy atom. The summed E-state index contributed by atoms with van der Waals surface area (Å²) in [4.78, 5) is 15.4. The molecule has 0 aromatic heterocycles. The van der Waals surface area contributed by atoms with Crippen LogP contribution < -0.4 is 5.73 Å². The number of nitrogens with two attached hydrogens (primary N) is 1. The van der Waals surface area contributed by atoms with Gasteiger partial charge in [0.2, 0.25) is 5.91 Å². The zero-order chi connectivity index (χ0) is 14.2. The van der Waals surface area contributed by atoms with Gasteiger partial charge in [-0.1, -0.05) is 32.6 Å². The quantitative estimate of drug-likeness (QED) is 0.844. The van der Waals surface area contributed by atoms with Crippen molar-refractivity contribution < 1.29 is 4.79 Å². The van der Waals surface area contributed by atoms with Gasteiger partial charge in [-0.25, -0.2) is 0 Å². The van der Waals surface area contributed by atoms with Crippen LogP contribution in [0.1, 0.15) is 64.7 Å². The van der Waals surface area contributed by atoms with Crippen molar-refractivity contribution in [3.05, 3.63) is 0 Å². The summed E-state index contributed by atoms with van der Waals surface area (Å²) in [6.07, 6.45) is 10.8. The number of piperidine rings is 1. The minimum atomic E-state index is -0.206. The molecule has 3 rings (SSSR count). The van der Waals surface area contributed by atoms with Crippen LogP contribution in [-0.2, 0) is 4.79 Å². The third-order valence-corrected chi connectivity index (χ3v) is 6.40. The van der Waals surface area contributed by atoms with Gasteiger partial charge in [0.15, 0.2) is 0 Å². The second-order valence-corrected chi connectivity index (χ2v) is 7.47. The van der Waals surface area contributed by atoms with Gasteiger partial charge >= 0.3 is 0 Å². The normalized spacial score (nSPS) is 36.7. The van der Waals surface area contributed by atoms with Gasteiger partial charge in [-0.3, -0.25) is 4.79 Å².